The molecular formula is C15H16N2O2. The van der Waals surface area contributed by atoms with Gasteiger partial charge in [0.1, 0.15) is 0 Å². The second kappa shape index (κ2) is 6.00. The first-order valence-electron chi connectivity index (χ1n) is 6.15. The highest BCUT2D eigenvalue weighted by Crippen LogP contribution is 2.06. The number of nitrogens with zero attached hydrogens (tertiary/aromatic N) is 2. The molecule has 4 heteroatoms. The average Bonchev–Trinajstić information content (AvgIpc) is 2.39. The molecule has 0 aliphatic rings. The molecule has 0 aliphatic carbocycles. The van der Waals surface area contributed by atoms with E-state index >= 15 is 0 Å². The van der Waals surface area contributed by atoms with Crippen LogP contribution in [-0.4, -0.2) is 15.8 Å². The molecule has 0 spiro atoms. The van der Waals surface area contributed by atoms with Gasteiger partial charge in [0, 0.05) is 12.6 Å². The van der Waals surface area contributed by atoms with Gasteiger partial charge in [0.2, 0.25) is 5.91 Å². The van der Waals surface area contributed by atoms with Crippen LogP contribution >= 0.6 is 0 Å². The molecule has 1 N–H and O–H groups in total. The van der Waals surface area contributed by atoms with E-state index in [1.807, 2.05) is 25.1 Å². The van der Waals surface area contributed by atoms with E-state index in [2.05, 4.69) is 11.1 Å². The molecule has 4 nitrogen and oxygen atoms in total. The van der Waals surface area contributed by atoms with Gasteiger partial charge >= 0.3 is 0 Å². The number of rotatable bonds is 3. The minimum atomic E-state index is -0.240. The zero-order valence-electron chi connectivity index (χ0n) is 10.8. The second-order valence-corrected chi connectivity index (χ2v) is 4.40. The van der Waals surface area contributed by atoms with E-state index in [0.717, 1.165) is 10.3 Å². The largest absolute Gasteiger partial charge is 0.427 e. The molecule has 1 heterocycles. The molecule has 0 atom stereocenters. The summed E-state index contributed by atoms with van der Waals surface area (Å²) in [4.78, 5) is 15.6. The summed E-state index contributed by atoms with van der Waals surface area (Å²) in [5, 5.41) is 9.45. The maximum atomic E-state index is 11.7. The standard InChI is InChI=1S/C15H16N2O2/c1-12-5-4-6-13(11-12)8-9-15(18)16-14-7-2-3-10-17(14)19/h2-7,10-11,19H,8-9H2,1H3. The van der Waals surface area contributed by atoms with Crippen LogP contribution in [0.3, 0.4) is 0 Å². The quantitative estimate of drug-likeness (QED) is 0.855. The molecule has 0 fully saturated rings. The van der Waals surface area contributed by atoms with Gasteiger partial charge in [-0.1, -0.05) is 35.9 Å². The number of carbonyl (C=O) groups is 1. The zero-order valence-corrected chi connectivity index (χ0v) is 10.8. The highest BCUT2D eigenvalue weighted by Gasteiger charge is 2.01. The van der Waals surface area contributed by atoms with Gasteiger partial charge in [0.25, 0.3) is 0 Å². The van der Waals surface area contributed by atoms with Gasteiger partial charge in [-0.2, -0.15) is 9.72 Å². The number of hydrogen-bond acceptors (Lipinski definition) is 2. The smallest absolute Gasteiger partial charge is 0.248 e. The Hall–Kier alpha value is -2.36. The Morgan fingerprint density at radius 3 is 2.84 bits per heavy atom. The van der Waals surface area contributed by atoms with Crippen LogP contribution < -0.4 is 5.49 Å². The zero-order chi connectivity index (χ0) is 13.7. The Bertz CT molecular complexity index is 644. The summed E-state index contributed by atoms with van der Waals surface area (Å²) in [6.07, 6.45) is 2.42. The van der Waals surface area contributed by atoms with E-state index in [9.17, 15) is 10.0 Å². The molecule has 0 bridgehead atoms. The van der Waals surface area contributed by atoms with Crippen LogP contribution in [0.5, 0.6) is 0 Å². The molecule has 2 rings (SSSR count). The first kappa shape index (κ1) is 13.1. The van der Waals surface area contributed by atoms with Crippen molar-refractivity contribution >= 4 is 5.91 Å². The fourth-order valence-corrected chi connectivity index (χ4v) is 1.82. The SMILES string of the molecule is Cc1cccc(CCC(=O)N=c2ccccn2O)c1. The van der Waals surface area contributed by atoms with Crippen molar-refractivity contribution in [1.29, 1.82) is 0 Å². The van der Waals surface area contributed by atoms with Gasteiger partial charge in [-0.05, 0) is 31.0 Å². The van der Waals surface area contributed by atoms with Crippen molar-refractivity contribution in [2.75, 3.05) is 0 Å². The maximum absolute atomic E-state index is 11.7. The van der Waals surface area contributed by atoms with E-state index in [1.54, 1.807) is 18.2 Å². The Labute approximate surface area is 111 Å². The third kappa shape index (κ3) is 3.81. The van der Waals surface area contributed by atoms with Crippen molar-refractivity contribution in [3.8, 4) is 0 Å². The number of pyridine rings is 1. The number of aryl methyl sites for hydroxylation is 2. The molecule has 2 aromatic rings. The second-order valence-electron chi connectivity index (χ2n) is 4.40. The first-order valence-corrected chi connectivity index (χ1v) is 6.15. The molecule has 0 saturated carbocycles. The van der Waals surface area contributed by atoms with Gasteiger partial charge in [-0.3, -0.25) is 4.79 Å². The normalized spacial score (nSPS) is 11.5. The third-order valence-electron chi connectivity index (χ3n) is 2.77. The Balaban J connectivity index is 2.03. The summed E-state index contributed by atoms with van der Waals surface area (Å²) < 4.78 is 0.838. The average molecular weight is 256 g/mol. The summed E-state index contributed by atoms with van der Waals surface area (Å²) in [5.41, 5.74) is 2.54. The van der Waals surface area contributed by atoms with E-state index in [4.69, 9.17) is 0 Å². The Morgan fingerprint density at radius 2 is 2.11 bits per heavy atom. The maximum Gasteiger partial charge on any atom is 0.248 e. The Morgan fingerprint density at radius 1 is 1.26 bits per heavy atom. The number of amides is 1. The lowest BCUT2D eigenvalue weighted by Crippen LogP contribution is -2.19. The topological polar surface area (TPSA) is 54.6 Å². The van der Waals surface area contributed by atoms with Crippen molar-refractivity contribution < 1.29 is 10.0 Å². The van der Waals surface area contributed by atoms with E-state index < -0.39 is 0 Å². The van der Waals surface area contributed by atoms with Crippen molar-refractivity contribution in [2.45, 2.75) is 19.8 Å². The predicted octanol–water partition coefficient (Wildman–Crippen LogP) is 2.09. The van der Waals surface area contributed by atoms with E-state index in [-0.39, 0.29) is 11.4 Å². The number of benzene rings is 1. The van der Waals surface area contributed by atoms with E-state index in [1.165, 1.54) is 11.8 Å². The summed E-state index contributed by atoms with van der Waals surface area (Å²) in [6, 6.07) is 13.0. The molecule has 0 radical (unpaired) electrons. The van der Waals surface area contributed by atoms with Crippen LogP contribution in [0, 0.1) is 6.92 Å². The van der Waals surface area contributed by atoms with Gasteiger partial charge in [-0.25, -0.2) is 0 Å². The lowest BCUT2D eigenvalue weighted by molar-refractivity contribution is -0.118. The van der Waals surface area contributed by atoms with Crippen LogP contribution in [-0.2, 0) is 11.2 Å². The molecular weight excluding hydrogens is 240 g/mol. The summed E-state index contributed by atoms with van der Waals surface area (Å²) >= 11 is 0. The van der Waals surface area contributed by atoms with Crippen molar-refractivity contribution in [1.82, 2.24) is 4.73 Å². The molecule has 1 aromatic carbocycles. The Kier molecular flexibility index (Phi) is 4.13. The molecule has 98 valence electrons. The van der Waals surface area contributed by atoms with Crippen LogP contribution in [0.25, 0.3) is 0 Å². The number of carbonyl (C=O) groups excluding carboxylic acids is 1. The predicted molar refractivity (Wildman–Crippen MR) is 71.7 cm³/mol. The van der Waals surface area contributed by atoms with Crippen molar-refractivity contribution in [2.24, 2.45) is 4.99 Å². The minimum absolute atomic E-state index is 0.240. The van der Waals surface area contributed by atoms with Crippen molar-refractivity contribution in [3.63, 3.8) is 0 Å². The van der Waals surface area contributed by atoms with Crippen LogP contribution in [0.1, 0.15) is 17.5 Å². The lowest BCUT2D eigenvalue weighted by atomic mass is 10.1. The third-order valence-corrected chi connectivity index (χ3v) is 2.77. The fourth-order valence-electron chi connectivity index (χ4n) is 1.82. The van der Waals surface area contributed by atoms with Crippen LogP contribution in [0.4, 0.5) is 0 Å². The van der Waals surface area contributed by atoms with Gasteiger partial charge in [0.15, 0.2) is 5.49 Å². The molecule has 0 aliphatic heterocycles. The van der Waals surface area contributed by atoms with Crippen molar-refractivity contribution in [3.05, 3.63) is 65.3 Å². The monoisotopic (exact) mass is 256 g/mol. The molecule has 1 amide bonds. The molecule has 0 unspecified atom stereocenters. The molecule has 19 heavy (non-hydrogen) atoms. The number of hydrogen-bond donors (Lipinski definition) is 1. The van der Waals surface area contributed by atoms with Gasteiger partial charge < -0.3 is 5.21 Å². The molecule has 1 aromatic heterocycles. The fraction of sp³-hybridized carbons (Fsp3) is 0.200. The highest BCUT2D eigenvalue weighted by atomic mass is 16.5. The molecule has 0 saturated heterocycles. The van der Waals surface area contributed by atoms with Crippen LogP contribution in [0.15, 0.2) is 53.7 Å². The minimum Gasteiger partial charge on any atom is -0.427 e. The first-order chi connectivity index (χ1) is 9.15. The van der Waals surface area contributed by atoms with Gasteiger partial charge in [-0.15, -0.1) is 0 Å². The van der Waals surface area contributed by atoms with E-state index in [0.29, 0.717) is 12.8 Å². The van der Waals surface area contributed by atoms with Crippen LogP contribution in [0.2, 0.25) is 0 Å². The summed E-state index contributed by atoms with van der Waals surface area (Å²) in [6.45, 7) is 2.02. The summed E-state index contributed by atoms with van der Waals surface area (Å²) in [5.74, 6) is -0.240. The van der Waals surface area contributed by atoms with Gasteiger partial charge in [0.05, 0.1) is 0 Å². The highest BCUT2D eigenvalue weighted by molar-refractivity contribution is 5.77. The number of aromatic nitrogens is 1. The lowest BCUT2D eigenvalue weighted by Gasteiger charge is -2.00. The summed E-state index contributed by atoms with van der Waals surface area (Å²) in [7, 11) is 0.